The SMILES string of the molecule is OCC[n+]1ccccc1/C=C/c1ccc(N(CCSSCCN(Cc2ccccc2)c2ccc(/C=C/c3cccc[n+]3CCO)cc2)Cc2ccccc2)cc1. The normalized spacial score (nSPS) is 11.4. The van der Waals surface area contributed by atoms with Crippen LogP contribution in [-0.4, -0.2) is 48.0 Å². The van der Waals surface area contributed by atoms with Crippen molar-refractivity contribution >= 4 is 57.3 Å². The standard InChI is InChI=1S/C48H52N4O2S2/c53-35-31-49-29-9-7-15-45(49)23-17-41-19-25-47(26-20-41)51(39-43-11-3-1-4-12-43)33-37-55-56-38-34-52(40-44-13-5-2-6-14-44)48-27-21-42(22-28-48)18-24-46-16-8-10-30-50(46)32-36-54/h1-30,53-54H,31-40H2/q+2. The van der Waals surface area contributed by atoms with E-state index in [0.29, 0.717) is 13.1 Å². The minimum atomic E-state index is 0.113. The van der Waals surface area contributed by atoms with Crippen LogP contribution in [0.15, 0.2) is 158 Å². The van der Waals surface area contributed by atoms with Gasteiger partial charge in [-0.2, -0.15) is 9.13 Å². The number of anilines is 2. The Hall–Kier alpha value is -5.12. The van der Waals surface area contributed by atoms with E-state index in [1.54, 1.807) is 0 Å². The van der Waals surface area contributed by atoms with Gasteiger partial charge in [0.1, 0.15) is 13.2 Å². The third-order valence-electron chi connectivity index (χ3n) is 9.45. The van der Waals surface area contributed by atoms with Gasteiger partial charge in [0.05, 0.1) is 0 Å². The number of nitrogens with zero attached hydrogens (tertiary/aromatic N) is 4. The molecule has 0 aliphatic heterocycles. The summed E-state index contributed by atoms with van der Waals surface area (Å²) in [6.45, 7) is 4.98. The molecule has 2 heterocycles. The Bertz CT molecular complexity index is 1940. The molecule has 0 aliphatic rings. The molecule has 2 aromatic heterocycles. The van der Waals surface area contributed by atoms with E-state index >= 15 is 0 Å². The molecule has 56 heavy (non-hydrogen) atoms. The van der Waals surface area contributed by atoms with Crippen LogP contribution in [0.1, 0.15) is 33.6 Å². The summed E-state index contributed by atoms with van der Waals surface area (Å²) in [5.41, 5.74) is 9.44. The third kappa shape index (κ3) is 12.7. The summed E-state index contributed by atoms with van der Waals surface area (Å²) < 4.78 is 4.12. The molecule has 0 radical (unpaired) electrons. The lowest BCUT2D eigenvalue weighted by Crippen LogP contribution is -2.38. The first-order valence-corrected chi connectivity index (χ1v) is 21.7. The number of rotatable bonds is 21. The summed E-state index contributed by atoms with van der Waals surface area (Å²) >= 11 is 0. The highest BCUT2D eigenvalue weighted by molar-refractivity contribution is 8.76. The average Bonchev–Trinajstić information content (AvgIpc) is 3.25. The number of aliphatic hydroxyl groups excluding tert-OH is 2. The van der Waals surface area contributed by atoms with E-state index in [-0.39, 0.29) is 13.2 Å². The molecule has 0 aliphatic carbocycles. The molecule has 0 bridgehead atoms. The maximum atomic E-state index is 9.44. The highest BCUT2D eigenvalue weighted by Crippen LogP contribution is 2.26. The van der Waals surface area contributed by atoms with Crippen molar-refractivity contribution in [3.05, 3.63) is 192 Å². The van der Waals surface area contributed by atoms with E-state index in [4.69, 9.17) is 0 Å². The lowest BCUT2D eigenvalue weighted by Gasteiger charge is -2.26. The molecule has 6 rings (SSSR count). The second-order valence-electron chi connectivity index (χ2n) is 13.4. The zero-order valence-corrected chi connectivity index (χ0v) is 33.5. The summed E-state index contributed by atoms with van der Waals surface area (Å²) in [7, 11) is 3.89. The van der Waals surface area contributed by atoms with Crippen LogP contribution in [0.25, 0.3) is 24.3 Å². The van der Waals surface area contributed by atoms with Crippen molar-refractivity contribution in [3.63, 3.8) is 0 Å². The van der Waals surface area contributed by atoms with Crippen LogP contribution in [0.3, 0.4) is 0 Å². The summed E-state index contributed by atoms with van der Waals surface area (Å²) in [5, 5.41) is 18.9. The second kappa shape index (κ2) is 22.4. The molecule has 2 N–H and O–H groups in total. The zero-order chi connectivity index (χ0) is 38.6. The predicted octanol–water partition coefficient (Wildman–Crippen LogP) is 8.68. The fraction of sp³-hybridized carbons (Fsp3) is 0.208. The topological polar surface area (TPSA) is 54.7 Å². The first-order chi connectivity index (χ1) is 27.7. The first kappa shape index (κ1) is 40.5. The monoisotopic (exact) mass is 780 g/mol. The molecule has 0 saturated heterocycles. The second-order valence-corrected chi connectivity index (χ2v) is 16.1. The van der Waals surface area contributed by atoms with Gasteiger partial charge in [-0.3, -0.25) is 0 Å². The Balaban J connectivity index is 1.05. The fourth-order valence-electron chi connectivity index (χ4n) is 6.48. The Morgan fingerprint density at radius 1 is 0.446 bits per heavy atom. The highest BCUT2D eigenvalue weighted by atomic mass is 33.1. The summed E-state index contributed by atoms with van der Waals surface area (Å²) in [6, 6.07) is 51.2. The molecule has 0 saturated carbocycles. The lowest BCUT2D eigenvalue weighted by atomic mass is 10.1. The van der Waals surface area contributed by atoms with E-state index < -0.39 is 0 Å². The van der Waals surface area contributed by atoms with E-state index in [0.717, 1.165) is 60.2 Å². The van der Waals surface area contributed by atoms with Crippen molar-refractivity contribution in [1.82, 2.24) is 0 Å². The van der Waals surface area contributed by atoms with Crippen LogP contribution >= 0.6 is 21.6 Å². The fourth-order valence-corrected chi connectivity index (χ4v) is 8.46. The number of aliphatic hydroxyl groups is 2. The molecular weight excluding hydrogens is 729 g/mol. The predicted molar refractivity (Wildman–Crippen MR) is 238 cm³/mol. The largest absolute Gasteiger partial charge is 0.390 e. The van der Waals surface area contributed by atoms with Gasteiger partial charge in [-0.1, -0.05) is 107 Å². The molecule has 6 aromatic rings. The average molecular weight is 781 g/mol. The van der Waals surface area contributed by atoms with Crippen LogP contribution in [0.2, 0.25) is 0 Å². The molecule has 286 valence electrons. The Morgan fingerprint density at radius 3 is 1.23 bits per heavy atom. The molecule has 4 aromatic carbocycles. The van der Waals surface area contributed by atoms with Gasteiger partial charge >= 0.3 is 0 Å². The maximum absolute atomic E-state index is 9.44. The van der Waals surface area contributed by atoms with Crippen LogP contribution in [0.4, 0.5) is 11.4 Å². The van der Waals surface area contributed by atoms with Crippen LogP contribution < -0.4 is 18.9 Å². The minimum Gasteiger partial charge on any atom is -0.390 e. The van der Waals surface area contributed by atoms with Crippen molar-refractivity contribution in [1.29, 1.82) is 0 Å². The van der Waals surface area contributed by atoms with Gasteiger partial charge < -0.3 is 20.0 Å². The minimum absolute atomic E-state index is 0.113. The number of hydrogen-bond acceptors (Lipinski definition) is 6. The first-order valence-electron chi connectivity index (χ1n) is 19.3. The van der Waals surface area contributed by atoms with Gasteiger partial charge in [0, 0.05) is 85.5 Å². The van der Waals surface area contributed by atoms with Crippen LogP contribution in [0.5, 0.6) is 0 Å². The summed E-state index contributed by atoms with van der Waals surface area (Å²) in [6.07, 6.45) is 12.5. The quantitative estimate of drug-likeness (QED) is 0.0434. The van der Waals surface area contributed by atoms with Crippen molar-refractivity contribution < 1.29 is 19.3 Å². The van der Waals surface area contributed by atoms with E-state index in [9.17, 15) is 10.2 Å². The zero-order valence-electron chi connectivity index (χ0n) is 31.9. The van der Waals surface area contributed by atoms with Gasteiger partial charge in [-0.25, -0.2) is 0 Å². The molecule has 0 unspecified atom stereocenters. The van der Waals surface area contributed by atoms with Gasteiger partial charge in [0.25, 0.3) is 0 Å². The number of pyridine rings is 2. The smallest absolute Gasteiger partial charge is 0.205 e. The summed E-state index contributed by atoms with van der Waals surface area (Å²) in [4.78, 5) is 4.95. The summed E-state index contributed by atoms with van der Waals surface area (Å²) in [5.74, 6) is 2.02. The van der Waals surface area contributed by atoms with Gasteiger partial charge in [-0.05, 0) is 70.8 Å². The Morgan fingerprint density at radius 2 is 0.839 bits per heavy atom. The molecule has 0 amide bonds. The van der Waals surface area contributed by atoms with Crippen molar-refractivity contribution in [2.24, 2.45) is 0 Å². The van der Waals surface area contributed by atoms with Gasteiger partial charge in [0.2, 0.25) is 11.4 Å². The Kier molecular flexibility index (Phi) is 16.2. The van der Waals surface area contributed by atoms with Crippen LogP contribution in [-0.2, 0) is 26.2 Å². The molecule has 0 spiro atoms. The third-order valence-corrected chi connectivity index (χ3v) is 11.8. The number of hydrogen-bond donors (Lipinski definition) is 2. The maximum Gasteiger partial charge on any atom is 0.205 e. The molecule has 6 nitrogen and oxygen atoms in total. The molecular formula is C48H52N4O2S2+2. The molecule has 0 fully saturated rings. The highest BCUT2D eigenvalue weighted by Gasteiger charge is 2.12. The van der Waals surface area contributed by atoms with E-state index in [1.165, 1.54) is 22.5 Å². The molecule has 8 heteroatoms. The number of aromatic nitrogens is 2. The number of benzene rings is 4. The lowest BCUT2D eigenvalue weighted by molar-refractivity contribution is -0.699. The molecule has 0 atom stereocenters. The van der Waals surface area contributed by atoms with Crippen molar-refractivity contribution in [2.45, 2.75) is 26.2 Å². The van der Waals surface area contributed by atoms with Crippen molar-refractivity contribution in [3.8, 4) is 0 Å². The van der Waals surface area contributed by atoms with E-state index in [1.807, 2.05) is 58.2 Å². The Labute approximate surface area is 340 Å². The van der Waals surface area contributed by atoms with Crippen molar-refractivity contribution in [2.75, 3.05) is 47.6 Å². The van der Waals surface area contributed by atoms with Crippen LogP contribution in [0, 0.1) is 0 Å². The van der Waals surface area contributed by atoms with E-state index in [2.05, 4.69) is 165 Å². The van der Waals surface area contributed by atoms with Gasteiger partial charge in [0.15, 0.2) is 25.5 Å². The van der Waals surface area contributed by atoms with Gasteiger partial charge in [-0.15, -0.1) is 0 Å².